The van der Waals surface area contributed by atoms with Crippen LogP contribution >= 0.6 is 0 Å². The van der Waals surface area contributed by atoms with Crippen LogP contribution in [0.1, 0.15) is 57.8 Å². The lowest BCUT2D eigenvalue weighted by molar-refractivity contribution is -0.492. The van der Waals surface area contributed by atoms with Crippen molar-refractivity contribution in [2.24, 2.45) is 0 Å². The molecule has 0 saturated carbocycles. The lowest BCUT2D eigenvalue weighted by atomic mass is 10.2. The molecule has 0 heterocycles. The first kappa shape index (κ1) is 33.9. The first-order chi connectivity index (χ1) is 17.1. The molecule has 18 nitrogen and oxygen atoms in total. The van der Waals surface area contributed by atoms with Gasteiger partial charge in [0.25, 0.3) is 0 Å². The molecule has 1 atom stereocenters. The Hall–Kier alpha value is -2.07. The second-order valence-electron chi connectivity index (χ2n) is 7.20. The number of amides is 1. The minimum Gasteiger partial charge on any atom is -0.464 e. The van der Waals surface area contributed by atoms with Gasteiger partial charge < -0.3 is 14.8 Å². The van der Waals surface area contributed by atoms with Crippen molar-refractivity contribution in [1.82, 2.24) is 21.5 Å². The van der Waals surface area contributed by atoms with E-state index >= 15 is 0 Å². The minimum absolute atomic E-state index is 0.00397. The largest absolute Gasteiger partial charge is 0.464 e. The van der Waals surface area contributed by atoms with E-state index in [1.54, 1.807) is 0 Å². The molecule has 0 aromatic carbocycles. The second kappa shape index (κ2) is 22.2. The Kier molecular flexibility index (Phi) is 20.9. The highest BCUT2D eigenvalue weighted by molar-refractivity contribution is 5.84. The monoisotopic (exact) mass is 532 g/mol. The first-order valence-corrected chi connectivity index (χ1v) is 11.2. The molecule has 0 aliphatic rings. The lowest BCUT2D eigenvalue weighted by Gasteiger charge is -2.18. The summed E-state index contributed by atoms with van der Waals surface area (Å²) in [4.78, 5) is 49.6. The van der Waals surface area contributed by atoms with E-state index in [1.807, 2.05) is 0 Å². The van der Waals surface area contributed by atoms with Crippen molar-refractivity contribution in [2.75, 3.05) is 33.0 Å². The number of unbranched alkanes of at least 4 members (excludes halogenated alkanes) is 4. The summed E-state index contributed by atoms with van der Waals surface area (Å²) in [5.74, 6) is -1.99. The van der Waals surface area contributed by atoms with Crippen molar-refractivity contribution < 1.29 is 69.6 Å². The molecule has 7 N–H and O–H groups in total. The molecule has 0 radical (unpaired) electrons. The number of nitrogens with one attached hydrogen (secondary N) is 1. The maximum atomic E-state index is 12.4. The van der Waals surface area contributed by atoms with Crippen molar-refractivity contribution in [3.63, 3.8) is 0 Å². The van der Waals surface area contributed by atoms with Gasteiger partial charge >= 0.3 is 11.9 Å². The quantitative estimate of drug-likeness (QED) is 0.0524. The smallest absolute Gasteiger partial charge is 0.332 e. The zero-order valence-corrected chi connectivity index (χ0v) is 19.8. The molecule has 36 heavy (non-hydrogen) atoms. The molecule has 18 heteroatoms. The summed E-state index contributed by atoms with van der Waals surface area (Å²) >= 11 is 0. The number of nitrogens with zero attached hydrogens (tertiary/aromatic N) is 3. The summed E-state index contributed by atoms with van der Waals surface area (Å²) in [5.41, 5.74) is 0. The van der Waals surface area contributed by atoms with Gasteiger partial charge in [0.1, 0.15) is 6.61 Å². The van der Waals surface area contributed by atoms with Gasteiger partial charge in [-0.25, -0.2) is 4.79 Å². The number of carbonyl (C=O) groups is 3. The fraction of sp³-hybridized carbons (Fsp3) is 0.833. The van der Waals surface area contributed by atoms with E-state index in [0.29, 0.717) is 44.9 Å². The molecule has 0 saturated heterocycles. The highest BCUT2D eigenvalue weighted by Gasteiger charge is 2.24. The van der Waals surface area contributed by atoms with E-state index in [2.05, 4.69) is 19.8 Å². The summed E-state index contributed by atoms with van der Waals surface area (Å²) in [6, 6.07) is -1.26. The van der Waals surface area contributed by atoms with Gasteiger partial charge in [0.2, 0.25) is 5.91 Å². The van der Waals surface area contributed by atoms with Gasteiger partial charge in [-0.15, -0.1) is 0 Å². The van der Waals surface area contributed by atoms with Crippen molar-refractivity contribution >= 4 is 17.8 Å². The molecule has 0 rings (SSSR count). The van der Waals surface area contributed by atoms with Crippen LogP contribution in [0.3, 0.4) is 0 Å². The third-order valence-electron chi connectivity index (χ3n) is 4.26. The summed E-state index contributed by atoms with van der Waals surface area (Å²) < 4.78 is 10.2. The highest BCUT2D eigenvalue weighted by Crippen LogP contribution is 2.04. The van der Waals surface area contributed by atoms with Crippen LogP contribution in [0.25, 0.3) is 0 Å². The zero-order chi connectivity index (χ0) is 27.2. The fourth-order valence-electron chi connectivity index (χ4n) is 2.54. The van der Waals surface area contributed by atoms with Crippen LogP contribution in [0.5, 0.6) is 0 Å². The lowest BCUT2D eigenvalue weighted by Crippen LogP contribution is -2.45. The van der Waals surface area contributed by atoms with Crippen LogP contribution in [0, 0.1) is 0 Å². The Bertz CT molecular complexity index is 596. The molecule has 0 aromatic rings. The topological polar surface area (TPSA) is 240 Å². The van der Waals surface area contributed by atoms with E-state index < -0.39 is 46.7 Å². The van der Waals surface area contributed by atoms with Crippen LogP contribution < -0.4 is 5.32 Å². The van der Waals surface area contributed by atoms with Crippen LogP contribution in [-0.4, -0.2) is 104 Å². The molecule has 0 bridgehead atoms. The summed E-state index contributed by atoms with van der Waals surface area (Å²) in [5, 5.41) is 51.7. The normalized spacial score (nSPS) is 12.2. The zero-order valence-electron chi connectivity index (χ0n) is 19.8. The Morgan fingerprint density at radius 3 is 1.61 bits per heavy atom. The number of carbonyl (C=O) groups excluding carboxylic acids is 3. The molecular weight excluding hydrogens is 496 g/mol. The van der Waals surface area contributed by atoms with E-state index in [-0.39, 0.29) is 39.3 Å². The third-order valence-corrected chi connectivity index (χ3v) is 4.26. The number of ether oxygens (including phenoxy) is 2. The van der Waals surface area contributed by atoms with Crippen molar-refractivity contribution in [3.8, 4) is 0 Å². The fourth-order valence-corrected chi connectivity index (χ4v) is 2.54. The van der Waals surface area contributed by atoms with Gasteiger partial charge in [0.05, 0.1) is 42.6 Å². The van der Waals surface area contributed by atoms with E-state index in [0.717, 1.165) is 0 Å². The molecule has 212 valence electrons. The number of hydrogen-bond donors (Lipinski definition) is 7. The van der Waals surface area contributed by atoms with Gasteiger partial charge in [-0.1, -0.05) is 0 Å². The molecule has 0 spiro atoms. The van der Waals surface area contributed by atoms with Crippen molar-refractivity contribution in [2.45, 2.75) is 63.8 Å². The summed E-state index contributed by atoms with van der Waals surface area (Å²) in [6.45, 7) is -0.521. The molecule has 0 aliphatic carbocycles. The maximum Gasteiger partial charge on any atom is 0.332 e. The third kappa shape index (κ3) is 22.4. The molecule has 0 fully saturated rings. The Morgan fingerprint density at radius 1 is 0.611 bits per heavy atom. The molecule has 1 amide bonds. The summed E-state index contributed by atoms with van der Waals surface area (Å²) in [7, 11) is 0. The Labute approximate surface area is 206 Å². The van der Waals surface area contributed by atoms with Crippen LogP contribution in [0.15, 0.2) is 0 Å². The minimum atomic E-state index is -1.26. The standard InChI is InChI=1S/C18H36N4O14/c23-16(8-2-6-12-35-21(28)29)19-15(14-33-17(24)9-3-7-13-36-22(30)31)18(25)32-10-4-1-5-11-34-20(26)27/h15,26-31H,1-14H2,(H,19,23). The molecule has 1 unspecified atom stereocenters. The van der Waals surface area contributed by atoms with Gasteiger partial charge in [-0.05, 0) is 44.9 Å². The van der Waals surface area contributed by atoms with Crippen molar-refractivity contribution in [3.05, 3.63) is 0 Å². The van der Waals surface area contributed by atoms with Gasteiger partial charge in [-0.2, -0.15) is 0 Å². The molecule has 0 aromatic heterocycles. The van der Waals surface area contributed by atoms with E-state index in [4.69, 9.17) is 40.7 Å². The Balaban J connectivity index is 4.47. The predicted octanol–water partition coefficient (Wildman–Crippen LogP) is 0.105. The van der Waals surface area contributed by atoms with E-state index in [1.165, 1.54) is 0 Å². The van der Waals surface area contributed by atoms with E-state index in [9.17, 15) is 14.4 Å². The average Bonchev–Trinajstić information content (AvgIpc) is 2.79. The van der Waals surface area contributed by atoms with Crippen LogP contribution in [0.2, 0.25) is 0 Å². The Morgan fingerprint density at radius 2 is 1.08 bits per heavy atom. The number of esters is 2. The van der Waals surface area contributed by atoms with Crippen molar-refractivity contribution in [1.29, 1.82) is 0 Å². The number of rotatable bonds is 23. The van der Waals surface area contributed by atoms with Gasteiger partial charge in [-0.3, -0.25) is 55.3 Å². The van der Waals surface area contributed by atoms with Crippen LogP contribution in [0.4, 0.5) is 0 Å². The highest BCUT2D eigenvalue weighted by atomic mass is 17.1. The maximum absolute atomic E-state index is 12.4. The first-order valence-electron chi connectivity index (χ1n) is 11.2. The van der Waals surface area contributed by atoms with Gasteiger partial charge in [0, 0.05) is 12.8 Å². The predicted molar refractivity (Wildman–Crippen MR) is 109 cm³/mol. The van der Waals surface area contributed by atoms with Crippen LogP contribution in [-0.2, 0) is 38.4 Å². The summed E-state index contributed by atoms with van der Waals surface area (Å²) in [6.07, 6.45) is 2.64. The molecule has 0 aliphatic heterocycles. The van der Waals surface area contributed by atoms with Gasteiger partial charge in [0.15, 0.2) is 6.04 Å². The molecular formula is C18H36N4O14. The average molecular weight is 533 g/mol. The second-order valence-corrected chi connectivity index (χ2v) is 7.20. The SMILES string of the molecule is O=C(CCCCON(O)O)NC(COC(=O)CCCCON(O)O)C(=O)OCCCCCON(O)O. The number of hydrogen-bond acceptors (Lipinski definition) is 17.